The van der Waals surface area contributed by atoms with Gasteiger partial charge in [-0.3, -0.25) is 0 Å². The van der Waals surface area contributed by atoms with Crippen LogP contribution in [0.5, 0.6) is 0 Å². The van der Waals surface area contributed by atoms with Crippen LogP contribution in [0.3, 0.4) is 0 Å². The molecular formula is C53H35NS. The lowest BCUT2D eigenvalue weighted by molar-refractivity contribution is 0.661. The Labute approximate surface area is 323 Å². The summed E-state index contributed by atoms with van der Waals surface area (Å²) in [5.74, 6) is 0. The van der Waals surface area contributed by atoms with E-state index in [9.17, 15) is 0 Å². The molecule has 0 radical (unpaired) electrons. The molecular weight excluding hydrogens is 683 g/mol. The van der Waals surface area contributed by atoms with Gasteiger partial charge in [0, 0.05) is 42.0 Å². The van der Waals surface area contributed by atoms with Crippen LogP contribution in [0.2, 0.25) is 0 Å². The molecule has 0 unspecified atom stereocenters. The zero-order valence-electron chi connectivity index (χ0n) is 30.6. The fourth-order valence-electron chi connectivity index (χ4n) is 9.86. The van der Waals surface area contributed by atoms with E-state index in [1.807, 2.05) is 11.3 Å². The fraction of sp³-hybridized carbons (Fsp3) is 0.0566. The Balaban J connectivity index is 1.10. The molecule has 0 bridgehead atoms. The first-order chi connectivity index (χ1) is 27.0. The second-order valence-electron chi connectivity index (χ2n) is 15.6. The third-order valence-corrected chi connectivity index (χ3v) is 13.5. The van der Waals surface area contributed by atoms with Crippen molar-refractivity contribution >= 4 is 74.9 Å². The summed E-state index contributed by atoms with van der Waals surface area (Å²) in [7, 11) is 0. The van der Waals surface area contributed by atoms with E-state index < -0.39 is 0 Å². The summed E-state index contributed by atoms with van der Waals surface area (Å²) in [6, 6.07) is 65.7. The second-order valence-corrected chi connectivity index (χ2v) is 16.7. The zero-order chi connectivity index (χ0) is 36.4. The van der Waals surface area contributed by atoms with E-state index in [4.69, 9.17) is 0 Å². The Hall–Kier alpha value is -6.48. The van der Waals surface area contributed by atoms with Crippen molar-refractivity contribution < 1.29 is 0 Å². The first-order valence-electron chi connectivity index (χ1n) is 19.2. The van der Waals surface area contributed by atoms with E-state index in [1.54, 1.807) is 0 Å². The highest BCUT2D eigenvalue weighted by molar-refractivity contribution is 7.25. The van der Waals surface area contributed by atoms with Crippen LogP contribution in [0.1, 0.15) is 25.0 Å². The second kappa shape index (κ2) is 11.3. The van der Waals surface area contributed by atoms with Crippen molar-refractivity contribution in [3.63, 3.8) is 0 Å². The average molecular weight is 718 g/mol. The van der Waals surface area contributed by atoms with E-state index in [0.29, 0.717) is 0 Å². The van der Waals surface area contributed by atoms with Gasteiger partial charge in [0.15, 0.2) is 0 Å². The zero-order valence-corrected chi connectivity index (χ0v) is 31.4. The van der Waals surface area contributed by atoms with Gasteiger partial charge in [-0.15, -0.1) is 11.3 Å². The van der Waals surface area contributed by atoms with E-state index in [1.165, 1.54) is 114 Å². The Kier molecular flexibility index (Phi) is 6.34. The molecule has 1 nitrogen and oxygen atoms in total. The fourth-order valence-corrected chi connectivity index (χ4v) is 11.0. The highest BCUT2D eigenvalue weighted by Crippen LogP contribution is 2.52. The molecule has 9 aromatic carbocycles. The quantitative estimate of drug-likeness (QED) is 0.160. The van der Waals surface area contributed by atoms with Crippen LogP contribution in [-0.4, -0.2) is 4.57 Å². The molecule has 55 heavy (non-hydrogen) atoms. The van der Waals surface area contributed by atoms with E-state index in [-0.39, 0.29) is 5.41 Å². The molecule has 0 spiro atoms. The van der Waals surface area contributed by atoms with Gasteiger partial charge >= 0.3 is 0 Å². The number of nitrogens with zero attached hydrogens (tertiary/aromatic N) is 1. The predicted octanol–water partition coefficient (Wildman–Crippen LogP) is 15.1. The lowest BCUT2D eigenvalue weighted by Gasteiger charge is -2.21. The SMILES string of the molecule is CC1(C)c2ccccc2-c2cc3c(cc21)sc1ccc(-c2c4ccccc4c(-c4ccc5c(c4)c4ccccc4n5-c4ccccc4)c4ccccc24)cc13. The monoisotopic (exact) mass is 717 g/mol. The molecule has 258 valence electrons. The van der Waals surface area contributed by atoms with Crippen LogP contribution in [0.25, 0.3) is 103 Å². The summed E-state index contributed by atoms with van der Waals surface area (Å²) in [5, 5.41) is 10.3. The molecule has 2 aromatic heterocycles. The largest absolute Gasteiger partial charge is 0.309 e. The number of rotatable bonds is 3. The minimum absolute atomic E-state index is 0.00940. The molecule has 2 heterocycles. The van der Waals surface area contributed by atoms with Crippen LogP contribution >= 0.6 is 11.3 Å². The van der Waals surface area contributed by atoms with Crippen molar-refractivity contribution in [1.29, 1.82) is 0 Å². The highest BCUT2D eigenvalue weighted by Gasteiger charge is 2.35. The maximum atomic E-state index is 2.48. The van der Waals surface area contributed by atoms with Crippen LogP contribution in [0.15, 0.2) is 176 Å². The van der Waals surface area contributed by atoms with Gasteiger partial charge in [-0.05, 0) is 121 Å². The lowest BCUT2D eigenvalue weighted by Crippen LogP contribution is -2.14. The lowest BCUT2D eigenvalue weighted by atomic mass is 9.82. The molecule has 0 saturated heterocycles. The smallest absolute Gasteiger partial charge is 0.0541 e. The van der Waals surface area contributed by atoms with Crippen molar-refractivity contribution in [3.05, 3.63) is 187 Å². The summed E-state index contributed by atoms with van der Waals surface area (Å²) >= 11 is 1.92. The van der Waals surface area contributed by atoms with Gasteiger partial charge in [0.25, 0.3) is 0 Å². The summed E-state index contributed by atoms with van der Waals surface area (Å²) in [5.41, 5.74) is 14.3. The summed E-state index contributed by atoms with van der Waals surface area (Å²) in [4.78, 5) is 0. The van der Waals surface area contributed by atoms with Crippen molar-refractivity contribution in [2.45, 2.75) is 19.3 Å². The van der Waals surface area contributed by atoms with E-state index in [2.05, 4.69) is 194 Å². The molecule has 0 amide bonds. The number of hydrogen-bond donors (Lipinski definition) is 0. The summed E-state index contributed by atoms with van der Waals surface area (Å²) in [6.45, 7) is 4.74. The van der Waals surface area contributed by atoms with Gasteiger partial charge in [0.05, 0.1) is 11.0 Å². The Morgan fingerprint density at radius 3 is 1.64 bits per heavy atom. The number of aromatic nitrogens is 1. The molecule has 0 aliphatic heterocycles. The Morgan fingerprint density at radius 2 is 0.927 bits per heavy atom. The van der Waals surface area contributed by atoms with E-state index in [0.717, 1.165) is 0 Å². The Bertz CT molecular complexity index is 3340. The summed E-state index contributed by atoms with van der Waals surface area (Å²) in [6.07, 6.45) is 0. The minimum Gasteiger partial charge on any atom is -0.309 e. The van der Waals surface area contributed by atoms with Crippen LogP contribution in [0.4, 0.5) is 0 Å². The standard InChI is InChI=1S/C53H35NS/c1-53(2)45-22-12-10-16-35(45)41-30-44-43-29-33(25-27-49(43)55-50(44)31-46(41)53)52-39-20-8-6-18-37(39)51(38-19-7-9-21-40(38)52)32-24-26-48-42(28-32)36-17-11-13-23-47(36)54(48)34-14-4-3-5-15-34/h3-31H,1-2H3. The van der Waals surface area contributed by atoms with Crippen LogP contribution in [-0.2, 0) is 5.41 Å². The molecule has 0 fully saturated rings. The van der Waals surface area contributed by atoms with Crippen LogP contribution < -0.4 is 0 Å². The maximum Gasteiger partial charge on any atom is 0.0541 e. The minimum atomic E-state index is -0.00940. The highest BCUT2D eigenvalue weighted by atomic mass is 32.1. The third kappa shape index (κ3) is 4.29. The van der Waals surface area contributed by atoms with Crippen molar-refractivity contribution in [3.8, 4) is 39.1 Å². The van der Waals surface area contributed by atoms with Gasteiger partial charge in [-0.1, -0.05) is 135 Å². The van der Waals surface area contributed by atoms with Crippen molar-refractivity contribution in [1.82, 2.24) is 4.57 Å². The number of fused-ring (bicyclic) bond motifs is 11. The first kappa shape index (κ1) is 30.9. The first-order valence-corrected chi connectivity index (χ1v) is 20.0. The topological polar surface area (TPSA) is 4.93 Å². The maximum absolute atomic E-state index is 2.48. The average Bonchev–Trinajstić information content (AvgIpc) is 3.84. The van der Waals surface area contributed by atoms with Gasteiger partial charge in [0.1, 0.15) is 0 Å². The van der Waals surface area contributed by atoms with Crippen LogP contribution in [0, 0.1) is 0 Å². The van der Waals surface area contributed by atoms with Gasteiger partial charge in [0.2, 0.25) is 0 Å². The number of para-hydroxylation sites is 2. The van der Waals surface area contributed by atoms with E-state index >= 15 is 0 Å². The number of benzene rings is 9. The number of thiophene rings is 1. The molecule has 2 heteroatoms. The molecule has 0 N–H and O–H groups in total. The molecule has 1 aliphatic carbocycles. The normalized spacial score (nSPS) is 13.4. The molecule has 0 saturated carbocycles. The predicted molar refractivity (Wildman–Crippen MR) is 237 cm³/mol. The van der Waals surface area contributed by atoms with Gasteiger partial charge in [-0.2, -0.15) is 0 Å². The molecule has 1 aliphatic rings. The van der Waals surface area contributed by atoms with Gasteiger partial charge in [-0.25, -0.2) is 0 Å². The molecule has 12 rings (SSSR count). The third-order valence-electron chi connectivity index (χ3n) is 12.4. The van der Waals surface area contributed by atoms with Crippen molar-refractivity contribution in [2.24, 2.45) is 0 Å². The summed E-state index contributed by atoms with van der Waals surface area (Å²) < 4.78 is 5.09. The van der Waals surface area contributed by atoms with Gasteiger partial charge < -0.3 is 4.57 Å². The molecule has 0 atom stereocenters. The Morgan fingerprint density at radius 1 is 0.382 bits per heavy atom. The molecule has 11 aromatic rings. The van der Waals surface area contributed by atoms with Crippen molar-refractivity contribution in [2.75, 3.05) is 0 Å². The number of hydrogen-bond acceptors (Lipinski definition) is 1.